The quantitative estimate of drug-likeness (QED) is 0.634. The van der Waals surface area contributed by atoms with E-state index >= 15 is 0 Å². The molecule has 2 aromatic heterocycles. The second kappa shape index (κ2) is 6.04. The monoisotopic (exact) mass is 341 g/mol. The van der Waals surface area contributed by atoms with Gasteiger partial charge in [-0.15, -0.1) is 22.7 Å². The molecule has 20 heavy (non-hydrogen) atoms. The molecule has 0 aliphatic carbocycles. The van der Waals surface area contributed by atoms with Crippen molar-refractivity contribution in [2.45, 2.75) is 12.5 Å². The Kier molecular flexibility index (Phi) is 4.34. The summed E-state index contributed by atoms with van der Waals surface area (Å²) in [7, 11) is 1.99. The Hall–Kier alpha value is -0.580. The van der Waals surface area contributed by atoms with Gasteiger partial charge in [-0.2, -0.15) is 0 Å². The van der Waals surface area contributed by atoms with Gasteiger partial charge < -0.3 is 5.32 Å². The first-order valence-electron chi connectivity index (χ1n) is 6.25. The zero-order valence-electron chi connectivity index (χ0n) is 10.8. The van der Waals surface area contributed by atoms with Crippen molar-refractivity contribution in [1.29, 1.82) is 0 Å². The van der Waals surface area contributed by atoms with Crippen LogP contribution in [-0.4, -0.2) is 7.05 Å². The van der Waals surface area contributed by atoms with Crippen molar-refractivity contribution < 1.29 is 0 Å². The summed E-state index contributed by atoms with van der Waals surface area (Å²) in [6.07, 6.45) is 0.861. The van der Waals surface area contributed by atoms with Crippen LogP contribution in [0.15, 0.2) is 35.7 Å². The molecule has 1 nitrogen and oxygen atoms in total. The van der Waals surface area contributed by atoms with Crippen molar-refractivity contribution in [3.8, 4) is 0 Å². The van der Waals surface area contributed by atoms with Gasteiger partial charge in [0.2, 0.25) is 0 Å². The third-order valence-electron chi connectivity index (χ3n) is 3.29. The molecule has 3 rings (SSSR count). The van der Waals surface area contributed by atoms with Gasteiger partial charge in [-0.3, -0.25) is 0 Å². The van der Waals surface area contributed by atoms with E-state index in [1.807, 2.05) is 30.5 Å². The molecule has 2 heterocycles. The molecule has 0 spiro atoms. The van der Waals surface area contributed by atoms with E-state index in [1.54, 1.807) is 17.4 Å². The summed E-state index contributed by atoms with van der Waals surface area (Å²) in [5, 5.41) is 6.93. The molecule has 0 aliphatic heterocycles. The highest BCUT2D eigenvalue weighted by molar-refractivity contribution is 7.26. The van der Waals surface area contributed by atoms with Crippen LogP contribution in [0.5, 0.6) is 0 Å². The lowest BCUT2D eigenvalue weighted by Gasteiger charge is -2.15. The van der Waals surface area contributed by atoms with Crippen LogP contribution < -0.4 is 5.32 Å². The Morgan fingerprint density at radius 2 is 2.00 bits per heavy atom. The van der Waals surface area contributed by atoms with Gasteiger partial charge in [-0.1, -0.05) is 29.3 Å². The molecule has 1 N–H and O–H groups in total. The van der Waals surface area contributed by atoms with Gasteiger partial charge in [0.05, 0.1) is 0 Å². The van der Waals surface area contributed by atoms with E-state index in [1.165, 1.54) is 14.3 Å². The predicted molar refractivity (Wildman–Crippen MR) is 91.7 cm³/mol. The van der Waals surface area contributed by atoms with E-state index in [-0.39, 0.29) is 6.04 Å². The van der Waals surface area contributed by atoms with Gasteiger partial charge in [-0.25, -0.2) is 0 Å². The Balaban J connectivity index is 1.88. The molecule has 0 saturated heterocycles. The zero-order valence-corrected chi connectivity index (χ0v) is 14.0. The number of nitrogens with one attached hydrogen (secondary N) is 1. The lowest BCUT2D eigenvalue weighted by molar-refractivity contribution is 0.602. The fraction of sp³-hybridized carbons (Fsp3) is 0.200. The van der Waals surface area contributed by atoms with Crippen LogP contribution in [0.4, 0.5) is 0 Å². The van der Waals surface area contributed by atoms with E-state index in [9.17, 15) is 0 Å². The maximum atomic E-state index is 6.27. The van der Waals surface area contributed by atoms with E-state index in [0.717, 1.165) is 17.0 Å². The van der Waals surface area contributed by atoms with Crippen LogP contribution in [-0.2, 0) is 6.42 Å². The second-order valence-corrected chi connectivity index (χ2v) is 7.49. The van der Waals surface area contributed by atoms with Crippen molar-refractivity contribution in [3.05, 3.63) is 56.2 Å². The molecule has 5 heteroatoms. The maximum Gasteiger partial charge on any atom is 0.0454 e. The Morgan fingerprint density at radius 1 is 1.15 bits per heavy atom. The number of fused-ring (bicyclic) bond motifs is 1. The fourth-order valence-corrected chi connectivity index (χ4v) is 4.92. The molecule has 0 amide bonds. The molecule has 0 radical (unpaired) electrons. The fourth-order valence-electron chi connectivity index (χ4n) is 2.21. The number of likely N-dealkylation sites (N-methyl/N-ethyl adjacent to an activating group) is 1. The smallest absolute Gasteiger partial charge is 0.0454 e. The first-order valence-corrected chi connectivity index (χ1v) is 8.70. The van der Waals surface area contributed by atoms with E-state index in [0.29, 0.717) is 5.02 Å². The first kappa shape index (κ1) is 14.4. The summed E-state index contributed by atoms with van der Waals surface area (Å²) in [5.74, 6) is 0. The van der Waals surface area contributed by atoms with Crippen LogP contribution in [0.3, 0.4) is 0 Å². The van der Waals surface area contributed by atoms with Gasteiger partial charge in [-0.05, 0) is 48.7 Å². The molecule has 1 aromatic carbocycles. The summed E-state index contributed by atoms with van der Waals surface area (Å²) in [6.45, 7) is 0. The van der Waals surface area contributed by atoms with E-state index in [2.05, 4.69) is 22.8 Å². The summed E-state index contributed by atoms with van der Waals surface area (Å²) in [5.41, 5.74) is 1.12. The minimum atomic E-state index is 0.276. The van der Waals surface area contributed by atoms with Gasteiger partial charge in [0.1, 0.15) is 0 Å². The molecular formula is C15H13Cl2NS2. The van der Waals surface area contributed by atoms with Crippen molar-refractivity contribution >= 4 is 55.3 Å². The third-order valence-corrected chi connectivity index (χ3v) is 6.08. The summed E-state index contributed by atoms with van der Waals surface area (Å²) < 4.78 is 2.71. The zero-order chi connectivity index (χ0) is 14.1. The number of hydrogen-bond donors (Lipinski definition) is 1. The van der Waals surface area contributed by atoms with Gasteiger partial charge in [0.15, 0.2) is 0 Å². The van der Waals surface area contributed by atoms with Gasteiger partial charge in [0.25, 0.3) is 0 Å². The van der Waals surface area contributed by atoms with Gasteiger partial charge in [0, 0.05) is 30.4 Å². The van der Waals surface area contributed by atoms with Crippen molar-refractivity contribution in [2.24, 2.45) is 0 Å². The highest BCUT2D eigenvalue weighted by Gasteiger charge is 2.15. The van der Waals surface area contributed by atoms with Gasteiger partial charge >= 0.3 is 0 Å². The lowest BCUT2D eigenvalue weighted by Crippen LogP contribution is -2.17. The molecule has 0 fully saturated rings. The Labute approximate surface area is 136 Å². The molecular weight excluding hydrogens is 329 g/mol. The summed E-state index contributed by atoms with van der Waals surface area (Å²) >= 11 is 15.8. The minimum absolute atomic E-state index is 0.276. The second-order valence-electron chi connectivity index (χ2n) is 4.58. The van der Waals surface area contributed by atoms with E-state index < -0.39 is 0 Å². The molecule has 0 bridgehead atoms. The SMILES string of the molecule is CNC(Cc1ccc(Cl)cc1Cl)c1cc2sccc2s1. The molecule has 1 atom stereocenters. The highest BCUT2D eigenvalue weighted by atomic mass is 35.5. The number of hydrogen-bond acceptors (Lipinski definition) is 3. The van der Waals surface area contributed by atoms with Crippen LogP contribution in [0.25, 0.3) is 9.40 Å². The predicted octanol–water partition coefficient (Wildman–Crippen LogP) is 5.77. The average Bonchev–Trinajstić information content (AvgIpc) is 2.98. The van der Waals surface area contributed by atoms with Crippen LogP contribution >= 0.6 is 45.9 Å². The molecule has 104 valence electrons. The van der Waals surface area contributed by atoms with E-state index in [4.69, 9.17) is 23.2 Å². The normalized spacial score (nSPS) is 12.9. The molecule has 0 saturated carbocycles. The van der Waals surface area contributed by atoms with Crippen molar-refractivity contribution in [3.63, 3.8) is 0 Å². The topological polar surface area (TPSA) is 12.0 Å². The van der Waals surface area contributed by atoms with Crippen LogP contribution in [0, 0.1) is 0 Å². The summed E-state index contributed by atoms with van der Waals surface area (Å²) in [6, 6.07) is 10.4. The number of rotatable bonds is 4. The largest absolute Gasteiger partial charge is 0.312 e. The Morgan fingerprint density at radius 3 is 2.70 bits per heavy atom. The number of benzene rings is 1. The molecule has 3 aromatic rings. The minimum Gasteiger partial charge on any atom is -0.312 e. The van der Waals surface area contributed by atoms with Crippen LogP contribution in [0.2, 0.25) is 10.0 Å². The standard InChI is InChI=1S/C15H13Cl2NS2/c1-18-12(6-9-2-3-10(16)7-11(9)17)14-8-15-13(20-14)4-5-19-15/h2-5,7-8,12,18H,6H2,1H3. The van der Waals surface area contributed by atoms with Crippen LogP contribution in [0.1, 0.15) is 16.5 Å². The number of halogens is 2. The summed E-state index contributed by atoms with van der Waals surface area (Å²) in [4.78, 5) is 1.35. The van der Waals surface area contributed by atoms with Crippen molar-refractivity contribution in [2.75, 3.05) is 7.05 Å². The average molecular weight is 342 g/mol. The number of thiophene rings is 2. The highest BCUT2D eigenvalue weighted by Crippen LogP contribution is 2.35. The maximum absolute atomic E-state index is 6.27. The third kappa shape index (κ3) is 2.87. The Bertz CT molecular complexity index is 704. The molecule has 1 unspecified atom stereocenters. The van der Waals surface area contributed by atoms with Crippen molar-refractivity contribution in [1.82, 2.24) is 5.32 Å². The first-order chi connectivity index (χ1) is 9.67. The lowest BCUT2D eigenvalue weighted by atomic mass is 10.0. The molecule has 0 aliphatic rings.